The van der Waals surface area contributed by atoms with Crippen molar-refractivity contribution in [2.24, 2.45) is 10.7 Å². The number of nitrogens with two attached hydrogens (primary N) is 1. The lowest BCUT2D eigenvalue weighted by atomic mass is 10.2. The molecular weight excluding hydrogens is 419 g/mol. The molecule has 0 atom stereocenters. The molecule has 2 aromatic heterocycles. The van der Waals surface area contributed by atoms with E-state index in [1.165, 1.54) is 24.4 Å². The number of rotatable bonds is 6. The third kappa shape index (κ3) is 5.17. The number of halogens is 3. The van der Waals surface area contributed by atoms with Crippen molar-refractivity contribution in [2.75, 3.05) is 5.32 Å². The third-order valence-corrected chi connectivity index (χ3v) is 4.53. The Labute approximate surface area is 173 Å². The molecule has 3 aromatic rings. The number of hydrogen-bond donors (Lipinski definition) is 3. The van der Waals surface area contributed by atoms with E-state index >= 15 is 0 Å². The van der Waals surface area contributed by atoms with Gasteiger partial charge in [0.2, 0.25) is 5.88 Å². The average Bonchev–Trinajstić information content (AvgIpc) is 3.02. The maximum atomic E-state index is 12.8. The van der Waals surface area contributed by atoms with Crippen LogP contribution < -0.4 is 21.3 Å². The highest BCUT2D eigenvalue weighted by Gasteiger charge is 2.30. The van der Waals surface area contributed by atoms with Crippen molar-refractivity contribution in [1.29, 1.82) is 0 Å². The number of anilines is 2. The second-order valence-electron chi connectivity index (χ2n) is 6.48. The van der Waals surface area contributed by atoms with Crippen LogP contribution >= 0.6 is 11.5 Å². The van der Waals surface area contributed by atoms with Gasteiger partial charge in [-0.1, -0.05) is 6.07 Å². The maximum Gasteiger partial charge on any atom is 0.416 e. The fraction of sp³-hybridized carbons (Fsp3) is 0.211. The Balaban J connectivity index is 1.76. The van der Waals surface area contributed by atoms with Gasteiger partial charge in [-0.15, -0.1) is 0 Å². The fourth-order valence-electron chi connectivity index (χ4n) is 2.47. The molecule has 0 aliphatic carbocycles. The molecule has 0 radical (unpaired) electrons. The summed E-state index contributed by atoms with van der Waals surface area (Å²) in [6.45, 7) is 3.68. The molecule has 0 amide bonds. The minimum atomic E-state index is -4.46. The monoisotopic (exact) mass is 437 g/mol. The van der Waals surface area contributed by atoms with E-state index < -0.39 is 11.7 Å². The molecule has 0 unspecified atom stereocenters. The lowest BCUT2D eigenvalue weighted by Gasteiger charge is -2.10. The van der Waals surface area contributed by atoms with Crippen molar-refractivity contribution >= 4 is 28.1 Å². The average molecular weight is 437 g/mol. The lowest BCUT2D eigenvalue weighted by Crippen LogP contribution is -2.23. The Morgan fingerprint density at radius 2 is 2.07 bits per heavy atom. The number of hydrogen-bond acceptors (Lipinski definition) is 6. The minimum absolute atomic E-state index is 0.0156. The molecule has 158 valence electrons. The molecule has 0 aliphatic rings. The molecule has 0 saturated heterocycles. The predicted molar refractivity (Wildman–Crippen MR) is 110 cm³/mol. The summed E-state index contributed by atoms with van der Waals surface area (Å²) in [4.78, 5) is 20.3. The van der Waals surface area contributed by atoms with Crippen LogP contribution in [0.2, 0.25) is 0 Å². The molecule has 1 aromatic carbocycles. The van der Waals surface area contributed by atoms with Gasteiger partial charge in [0.15, 0.2) is 0 Å². The summed E-state index contributed by atoms with van der Waals surface area (Å²) in [5, 5.41) is 3.50. The van der Waals surface area contributed by atoms with Gasteiger partial charge in [0.05, 0.1) is 17.4 Å². The Morgan fingerprint density at radius 3 is 2.70 bits per heavy atom. The van der Waals surface area contributed by atoms with Gasteiger partial charge >= 0.3 is 6.18 Å². The molecule has 2 heterocycles. The molecule has 0 saturated carbocycles. The first-order valence-corrected chi connectivity index (χ1v) is 9.58. The van der Waals surface area contributed by atoms with Crippen molar-refractivity contribution in [3.8, 4) is 11.6 Å². The molecule has 30 heavy (non-hydrogen) atoms. The van der Waals surface area contributed by atoms with Gasteiger partial charge in [0, 0.05) is 12.1 Å². The largest absolute Gasteiger partial charge is 0.439 e. The SMILES string of the molecule is CC(C)N=C(N)c1c(Nc2ccc(Oc3cccc(C(F)(F)F)c3)nc2)s[nH]c1=O. The molecule has 0 spiro atoms. The summed E-state index contributed by atoms with van der Waals surface area (Å²) < 4.78 is 46.4. The zero-order chi connectivity index (χ0) is 21.9. The van der Waals surface area contributed by atoms with Crippen LogP contribution in [0.3, 0.4) is 0 Å². The van der Waals surface area contributed by atoms with E-state index in [4.69, 9.17) is 10.5 Å². The van der Waals surface area contributed by atoms with Crippen molar-refractivity contribution in [3.05, 3.63) is 64.1 Å². The zero-order valence-corrected chi connectivity index (χ0v) is 16.8. The Kier molecular flexibility index (Phi) is 6.11. The zero-order valence-electron chi connectivity index (χ0n) is 15.9. The third-order valence-electron chi connectivity index (χ3n) is 3.73. The Bertz CT molecular complexity index is 1100. The summed E-state index contributed by atoms with van der Waals surface area (Å²) in [5.74, 6) is 0.248. The standard InChI is InChI=1S/C19H18F3N5O2S/c1-10(2)25-16(23)15-17(28)27-30-18(15)26-12-6-7-14(24-9-12)29-13-5-3-4-11(8-13)19(20,21)22/h3-10,26H,1-2H3,(H2,23,25)(H,27,28). The van der Waals surface area contributed by atoms with Gasteiger partial charge in [-0.05, 0) is 49.6 Å². The number of nitrogens with zero attached hydrogens (tertiary/aromatic N) is 2. The smallest absolute Gasteiger partial charge is 0.416 e. The summed E-state index contributed by atoms with van der Waals surface area (Å²) in [6.07, 6.45) is -3.04. The van der Waals surface area contributed by atoms with Crippen LogP contribution in [0.4, 0.5) is 23.9 Å². The summed E-state index contributed by atoms with van der Waals surface area (Å²) in [5.41, 5.74) is 5.52. The quantitative estimate of drug-likeness (QED) is 0.389. The first-order valence-electron chi connectivity index (χ1n) is 8.77. The Morgan fingerprint density at radius 1 is 1.30 bits per heavy atom. The van der Waals surface area contributed by atoms with Crippen LogP contribution in [0.5, 0.6) is 11.6 Å². The first kappa shape index (κ1) is 21.4. The van der Waals surface area contributed by atoms with Gasteiger partial charge in [-0.25, -0.2) is 4.98 Å². The fourth-order valence-corrected chi connectivity index (χ4v) is 3.23. The predicted octanol–water partition coefficient (Wildman–Crippen LogP) is 4.50. The molecule has 0 bridgehead atoms. The second kappa shape index (κ2) is 8.57. The van der Waals surface area contributed by atoms with E-state index in [0.717, 1.165) is 23.7 Å². The summed E-state index contributed by atoms with van der Waals surface area (Å²) in [6, 6.07) is 7.54. The number of aliphatic imine (C=N–C) groups is 1. The number of aromatic nitrogens is 2. The number of aromatic amines is 1. The van der Waals surface area contributed by atoms with E-state index in [2.05, 4.69) is 19.7 Å². The number of alkyl halides is 3. The molecular formula is C19H18F3N5O2S. The molecule has 7 nitrogen and oxygen atoms in total. The number of H-pyrrole nitrogens is 1. The summed E-state index contributed by atoms with van der Waals surface area (Å²) in [7, 11) is 0. The van der Waals surface area contributed by atoms with Crippen LogP contribution in [0.15, 0.2) is 52.4 Å². The number of amidine groups is 1. The van der Waals surface area contributed by atoms with Crippen molar-refractivity contribution < 1.29 is 17.9 Å². The topological polar surface area (TPSA) is 105 Å². The van der Waals surface area contributed by atoms with Crippen molar-refractivity contribution in [3.63, 3.8) is 0 Å². The number of pyridine rings is 1. The number of ether oxygens (including phenoxy) is 1. The maximum absolute atomic E-state index is 12.8. The Hall–Kier alpha value is -3.34. The molecule has 11 heteroatoms. The van der Waals surface area contributed by atoms with Crippen LogP contribution in [0, 0.1) is 0 Å². The van der Waals surface area contributed by atoms with Gasteiger partial charge in [-0.3, -0.25) is 14.2 Å². The molecule has 3 rings (SSSR count). The highest BCUT2D eigenvalue weighted by atomic mass is 32.1. The molecule has 0 aliphatic heterocycles. The summed E-state index contributed by atoms with van der Waals surface area (Å²) >= 11 is 1.06. The van der Waals surface area contributed by atoms with Crippen LogP contribution in [-0.4, -0.2) is 21.2 Å². The second-order valence-corrected chi connectivity index (χ2v) is 7.30. The number of benzene rings is 1. The van der Waals surface area contributed by atoms with E-state index in [1.54, 1.807) is 6.07 Å². The molecule has 0 fully saturated rings. The van der Waals surface area contributed by atoms with E-state index in [1.807, 2.05) is 13.8 Å². The minimum Gasteiger partial charge on any atom is -0.439 e. The van der Waals surface area contributed by atoms with E-state index in [-0.39, 0.29) is 34.6 Å². The number of nitrogens with one attached hydrogen (secondary N) is 2. The first-order chi connectivity index (χ1) is 14.1. The lowest BCUT2D eigenvalue weighted by molar-refractivity contribution is -0.137. The van der Waals surface area contributed by atoms with E-state index in [0.29, 0.717) is 10.7 Å². The highest BCUT2D eigenvalue weighted by Crippen LogP contribution is 2.32. The van der Waals surface area contributed by atoms with Crippen molar-refractivity contribution in [2.45, 2.75) is 26.1 Å². The van der Waals surface area contributed by atoms with Crippen LogP contribution in [-0.2, 0) is 6.18 Å². The van der Waals surface area contributed by atoms with Gasteiger partial charge in [0.1, 0.15) is 22.1 Å². The van der Waals surface area contributed by atoms with Gasteiger partial charge in [-0.2, -0.15) is 13.2 Å². The van der Waals surface area contributed by atoms with Crippen molar-refractivity contribution in [1.82, 2.24) is 9.36 Å². The van der Waals surface area contributed by atoms with Crippen LogP contribution in [0.25, 0.3) is 0 Å². The highest BCUT2D eigenvalue weighted by molar-refractivity contribution is 7.10. The van der Waals surface area contributed by atoms with Gasteiger partial charge < -0.3 is 15.8 Å². The van der Waals surface area contributed by atoms with Crippen LogP contribution in [0.1, 0.15) is 25.0 Å². The normalized spacial score (nSPS) is 12.3. The molecule has 4 N–H and O–H groups in total. The van der Waals surface area contributed by atoms with Gasteiger partial charge in [0.25, 0.3) is 5.56 Å². The van der Waals surface area contributed by atoms with E-state index in [9.17, 15) is 18.0 Å².